The summed E-state index contributed by atoms with van der Waals surface area (Å²) in [7, 11) is 0. The summed E-state index contributed by atoms with van der Waals surface area (Å²) in [4.78, 5) is 0. The molecule has 0 bridgehead atoms. The highest BCUT2D eigenvalue weighted by Crippen LogP contribution is 2.56. The molecule has 0 saturated carbocycles. The van der Waals surface area contributed by atoms with E-state index < -0.39 is 0 Å². The normalized spacial score (nSPS) is 13.3. The minimum absolute atomic E-state index is 0.148. The topological polar surface area (TPSA) is 13.1 Å². The van der Waals surface area contributed by atoms with Gasteiger partial charge in [0.1, 0.15) is 11.2 Å². The van der Waals surface area contributed by atoms with Crippen molar-refractivity contribution in [1.29, 1.82) is 0 Å². The van der Waals surface area contributed by atoms with Gasteiger partial charge in [0.05, 0.1) is 0 Å². The van der Waals surface area contributed by atoms with Crippen LogP contribution >= 0.6 is 0 Å². The molecule has 1 heterocycles. The number of fused-ring (bicyclic) bond motifs is 14. The molecule has 0 fully saturated rings. The Kier molecular flexibility index (Phi) is 6.85. The van der Waals surface area contributed by atoms with Crippen LogP contribution in [0.5, 0.6) is 0 Å². The summed E-state index contributed by atoms with van der Waals surface area (Å²) in [5.41, 5.74) is 14.6. The number of hydrogen-bond acceptors (Lipinski definition) is 1. The van der Waals surface area contributed by atoms with E-state index in [9.17, 15) is 0 Å². The van der Waals surface area contributed by atoms with Crippen molar-refractivity contribution in [1.82, 2.24) is 0 Å². The van der Waals surface area contributed by atoms with Crippen molar-refractivity contribution in [2.45, 2.75) is 19.3 Å². The lowest BCUT2D eigenvalue weighted by Crippen LogP contribution is -2.15. The van der Waals surface area contributed by atoms with Crippen LogP contribution in [-0.4, -0.2) is 0 Å². The lowest BCUT2D eigenvalue weighted by molar-refractivity contribution is 0.667. The fraction of sp³-hybridized carbons (Fsp3) is 0.0508. The first-order valence-corrected chi connectivity index (χ1v) is 21.0. The van der Waals surface area contributed by atoms with E-state index in [4.69, 9.17) is 4.42 Å². The summed E-state index contributed by atoms with van der Waals surface area (Å²) >= 11 is 0. The van der Waals surface area contributed by atoms with Gasteiger partial charge in [-0.25, -0.2) is 0 Å². The van der Waals surface area contributed by atoms with Crippen molar-refractivity contribution in [3.8, 4) is 44.5 Å². The highest BCUT2D eigenvalue weighted by molar-refractivity contribution is 6.23. The summed E-state index contributed by atoms with van der Waals surface area (Å²) < 4.78 is 6.24. The molecule has 1 heteroatoms. The van der Waals surface area contributed by atoms with Gasteiger partial charge in [-0.3, -0.25) is 0 Å². The van der Waals surface area contributed by atoms with E-state index >= 15 is 0 Å². The van der Waals surface area contributed by atoms with Crippen molar-refractivity contribution in [3.05, 3.63) is 205 Å². The molecule has 12 aromatic rings. The monoisotopic (exact) mass is 762 g/mol. The first-order chi connectivity index (χ1) is 29.5. The maximum absolute atomic E-state index is 6.24. The average molecular weight is 763 g/mol. The van der Waals surface area contributed by atoms with E-state index in [1.807, 2.05) is 6.07 Å². The van der Waals surface area contributed by atoms with E-state index in [0.29, 0.717) is 0 Å². The molecule has 0 radical (unpaired) electrons. The lowest BCUT2D eigenvalue weighted by Gasteiger charge is -2.24. The van der Waals surface area contributed by atoms with Crippen LogP contribution in [0.25, 0.3) is 120 Å². The van der Waals surface area contributed by atoms with Gasteiger partial charge in [0.15, 0.2) is 0 Å². The van der Waals surface area contributed by atoms with Crippen LogP contribution in [0.1, 0.15) is 25.0 Å². The summed E-state index contributed by atoms with van der Waals surface area (Å²) in [5, 5.41) is 15.1. The molecule has 60 heavy (non-hydrogen) atoms. The molecule has 0 saturated heterocycles. The standard InChI is InChI=1S/C59H38O/c1-59(2)52-34-37-15-4-3-14-36(37)32-51(52)57-43-20-6-5-18-41(43)49-31-38(26-28-48(49)58(57)59)35-16-13-17-39(30-35)55-44-21-7-9-23-46(44)56(47-24-10-8-22-45(47)55)40-27-29-54-50(33-40)42-19-11-12-25-53(42)60-54/h3-34H,1-2H3. The van der Waals surface area contributed by atoms with Gasteiger partial charge in [0, 0.05) is 16.2 Å². The molecule has 1 nitrogen and oxygen atoms in total. The smallest absolute Gasteiger partial charge is 0.135 e. The van der Waals surface area contributed by atoms with E-state index in [0.717, 1.165) is 21.9 Å². The Morgan fingerprint density at radius 1 is 0.317 bits per heavy atom. The van der Waals surface area contributed by atoms with Crippen molar-refractivity contribution in [2.75, 3.05) is 0 Å². The second kappa shape index (κ2) is 12.3. The number of hydrogen-bond donors (Lipinski definition) is 0. The second-order valence-corrected chi connectivity index (χ2v) is 17.2. The lowest BCUT2D eigenvalue weighted by atomic mass is 9.78. The van der Waals surface area contributed by atoms with Gasteiger partial charge in [-0.15, -0.1) is 0 Å². The zero-order valence-corrected chi connectivity index (χ0v) is 33.4. The summed E-state index contributed by atoms with van der Waals surface area (Å²) in [6.45, 7) is 4.82. The van der Waals surface area contributed by atoms with Gasteiger partial charge in [0.2, 0.25) is 0 Å². The maximum Gasteiger partial charge on any atom is 0.135 e. The quantitative estimate of drug-likeness (QED) is 0.129. The first-order valence-electron chi connectivity index (χ1n) is 21.0. The van der Waals surface area contributed by atoms with Crippen molar-refractivity contribution >= 4 is 75.8 Å². The van der Waals surface area contributed by atoms with E-state index in [2.05, 4.69) is 202 Å². The first kappa shape index (κ1) is 33.5. The van der Waals surface area contributed by atoms with Crippen LogP contribution in [-0.2, 0) is 5.41 Å². The summed E-state index contributed by atoms with van der Waals surface area (Å²) in [6.07, 6.45) is 0. The largest absolute Gasteiger partial charge is 0.456 e. The Labute approximate surface area is 347 Å². The van der Waals surface area contributed by atoms with Crippen LogP contribution in [0.3, 0.4) is 0 Å². The third-order valence-corrected chi connectivity index (χ3v) is 13.6. The van der Waals surface area contributed by atoms with Crippen LogP contribution in [0.2, 0.25) is 0 Å². The van der Waals surface area contributed by atoms with Crippen molar-refractivity contribution < 1.29 is 4.42 Å². The van der Waals surface area contributed by atoms with Crippen LogP contribution in [0.15, 0.2) is 199 Å². The second-order valence-electron chi connectivity index (χ2n) is 17.2. The average Bonchev–Trinajstić information content (AvgIpc) is 3.78. The SMILES string of the molecule is CC1(C)c2cc3ccccc3cc2-c2c1c1ccc(-c3cccc(-c4c5ccccc5c(-c5ccc6oc7ccccc7c6c5)c5ccccc45)c3)cc1c1ccccc21. The molecule has 1 aliphatic carbocycles. The highest BCUT2D eigenvalue weighted by Gasteiger charge is 2.38. The molecule has 13 rings (SSSR count). The predicted molar refractivity (Wildman–Crippen MR) is 255 cm³/mol. The maximum atomic E-state index is 6.24. The Morgan fingerprint density at radius 2 is 0.817 bits per heavy atom. The zero-order valence-electron chi connectivity index (χ0n) is 33.4. The fourth-order valence-electron chi connectivity index (χ4n) is 10.9. The van der Waals surface area contributed by atoms with Crippen molar-refractivity contribution in [2.24, 2.45) is 0 Å². The molecule has 1 aliphatic rings. The molecule has 280 valence electrons. The fourth-order valence-corrected chi connectivity index (χ4v) is 10.9. The third kappa shape index (κ3) is 4.63. The Bertz CT molecular complexity index is 3750. The minimum atomic E-state index is -0.148. The van der Waals surface area contributed by atoms with Gasteiger partial charge in [-0.1, -0.05) is 166 Å². The molecule has 0 aliphatic heterocycles. The molecular weight excluding hydrogens is 725 g/mol. The molecule has 1 aromatic heterocycles. The van der Waals surface area contributed by atoms with Gasteiger partial charge in [0.25, 0.3) is 0 Å². The van der Waals surface area contributed by atoms with E-state index in [1.165, 1.54) is 109 Å². The molecule has 0 spiro atoms. The van der Waals surface area contributed by atoms with Gasteiger partial charge in [-0.05, 0) is 152 Å². The number of para-hydroxylation sites is 1. The van der Waals surface area contributed by atoms with E-state index in [-0.39, 0.29) is 5.41 Å². The molecular formula is C59H38O. The molecule has 11 aromatic carbocycles. The molecule has 0 atom stereocenters. The van der Waals surface area contributed by atoms with Crippen LogP contribution in [0, 0.1) is 0 Å². The Hall–Kier alpha value is -7.48. The number of benzene rings is 11. The summed E-state index contributed by atoms with van der Waals surface area (Å²) in [5.74, 6) is 0. The van der Waals surface area contributed by atoms with E-state index in [1.54, 1.807) is 0 Å². The Morgan fingerprint density at radius 3 is 1.52 bits per heavy atom. The predicted octanol–water partition coefficient (Wildman–Crippen LogP) is 16.7. The zero-order chi connectivity index (χ0) is 39.7. The Balaban J connectivity index is 1.00. The van der Waals surface area contributed by atoms with Crippen LogP contribution < -0.4 is 0 Å². The van der Waals surface area contributed by atoms with Gasteiger partial charge in [-0.2, -0.15) is 0 Å². The molecule has 0 N–H and O–H groups in total. The minimum Gasteiger partial charge on any atom is -0.456 e. The van der Waals surface area contributed by atoms with Gasteiger partial charge >= 0.3 is 0 Å². The van der Waals surface area contributed by atoms with Crippen LogP contribution in [0.4, 0.5) is 0 Å². The third-order valence-electron chi connectivity index (χ3n) is 13.6. The van der Waals surface area contributed by atoms with Crippen molar-refractivity contribution in [3.63, 3.8) is 0 Å². The highest BCUT2D eigenvalue weighted by atomic mass is 16.3. The molecule has 0 unspecified atom stereocenters. The molecule has 0 amide bonds. The van der Waals surface area contributed by atoms with Gasteiger partial charge < -0.3 is 4.42 Å². The summed E-state index contributed by atoms with van der Waals surface area (Å²) in [6, 6.07) is 71.9. The number of rotatable bonds is 3. The number of furan rings is 1.